The summed E-state index contributed by atoms with van der Waals surface area (Å²) in [5.41, 5.74) is 0.647. The third-order valence-corrected chi connectivity index (χ3v) is 4.32. The molecular weight excluding hydrogens is 269 g/mol. The molecule has 2 rings (SSSR count). The van der Waals surface area contributed by atoms with Crippen LogP contribution >= 0.6 is 0 Å². The van der Waals surface area contributed by atoms with Crippen LogP contribution in [0.4, 0.5) is 4.39 Å². The zero-order valence-corrected chi connectivity index (χ0v) is 12.6. The number of carboxylic acids is 1. The third-order valence-electron chi connectivity index (χ3n) is 4.32. The van der Waals surface area contributed by atoms with Crippen molar-refractivity contribution in [2.24, 2.45) is 5.92 Å². The van der Waals surface area contributed by atoms with Crippen LogP contribution in [0.5, 0.6) is 0 Å². The Labute approximate surface area is 125 Å². The smallest absolute Gasteiger partial charge is 0.335 e. The van der Waals surface area contributed by atoms with E-state index in [0.29, 0.717) is 12.1 Å². The summed E-state index contributed by atoms with van der Waals surface area (Å²) in [6.45, 7) is 4.67. The maximum atomic E-state index is 13.9. The molecule has 0 radical (unpaired) electrons. The van der Waals surface area contributed by atoms with Gasteiger partial charge in [-0.15, -0.1) is 0 Å². The first-order chi connectivity index (χ1) is 10.1. The molecule has 0 spiro atoms. The van der Waals surface area contributed by atoms with Crippen molar-refractivity contribution in [1.29, 1.82) is 0 Å². The first-order valence-corrected chi connectivity index (χ1v) is 7.84. The predicted molar refractivity (Wildman–Crippen MR) is 80.9 cm³/mol. The molecule has 1 aromatic carbocycles. The van der Waals surface area contributed by atoms with E-state index in [0.717, 1.165) is 31.8 Å². The summed E-state index contributed by atoms with van der Waals surface area (Å²) in [5.74, 6) is -0.528. The number of hydrogen-bond donors (Lipinski definition) is 1. The zero-order valence-electron chi connectivity index (χ0n) is 12.6. The molecule has 1 saturated heterocycles. The van der Waals surface area contributed by atoms with E-state index in [-0.39, 0.29) is 11.4 Å². The topological polar surface area (TPSA) is 40.5 Å². The number of aromatic carboxylic acids is 1. The van der Waals surface area contributed by atoms with Gasteiger partial charge in [0.2, 0.25) is 0 Å². The minimum atomic E-state index is -1.00. The van der Waals surface area contributed by atoms with Crippen LogP contribution in [-0.2, 0) is 6.54 Å². The van der Waals surface area contributed by atoms with Crippen LogP contribution in [0.3, 0.4) is 0 Å². The Kier molecular flexibility index (Phi) is 5.74. The van der Waals surface area contributed by atoms with Crippen molar-refractivity contribution in [3.05, 3.63) is 35.1 Å². The van der Waals surface area contributed by atoms with Crippen molar-refractivity contribution in [1.82, 2.24) is 4.90 Å². The zero-order chi connectivity index (χ0) is 15.2. The van der Waals surface area contributed by atoms with E-state index in [9.17, 15) is 9.18 Å². The van der Waals surface area contributed by atoms with Crippen molar-refractivity contribution in [2.75, 3.05) is 13.1 Å². The fourth-order valence-corrected chi connectivity index (χ4v) is 3.15. The lowest BCUT2D eigenvalue weighted by atomic mass is 9.96. The molecule has 0 aromatic heterocycles. The Morgan fingerprint density at radius 1 is 1.38 bits per heavy atom. The number of carboxylic acid groups (broad SMARTS) is 1. The molecule has 1 heterocycles. The fourth-order valence-electron chi connectivity index (χ4n) is 3.15. The fraction of sp³-hybridized carbons (Fsp3) is 0.588. The van der Waals surface area contributed by atoms with Crippen LogP contribution in [0.15, 0.2) is 18.2 Å². The molecule has 3 nitrogen and oxygen atoms in total. The molecule has 0 amide bonds. The molecule has 1 aromatic rings. The highest BCUT2D eigenvalue weighted by Gasteiger charge is 2.18. The second kappa shape index (κ2) is 7.55. The Bertz CT molecular complexity index is 490. The molecule has 1 aliphatic heterocycles. The minimum absolute atomic E-state index is 0.157. The second-order valence-electron chi connectivity index (χ2n) is 5.97. The van der Waals surface area contributed by atoms with Crippen molar-refractivity contribution in [3.63, 3.8) is 0 Å². The van der Waals surface area contributed by atoms with Gasteiger partial charge in [-0.1, -0.05) is 19.8 Å². The molecule has 1 N–H and O–H groups in total. The van der Waals surface area contributed by atoms with E-state index in [1.807, 2.05) is 0 Å². The van der Waals surface area contributed by atoms with Crippen molar-refractivity contribution >= 4 is 5.97 Å². The molecular formula is C17H24FNO2. The van der Waals surface area contributed by atoms with Gasteiger partial charge in [0.05, 0.1) is 5.56 Å². The minimum Gasteiger partial charge on any atom is -0.478 e. The number of hydrogen-bond acceptors (Lipinski definition) is 2. The van der Waals surface area contributed by atoms with Gasteiger partial charge in [-0.2, -0.15) is 0 Å². The molecule has 0 saturated carbocycles. The molecule has 1 unspecified atom stereocenters. The maximum Gasteiger partial charge on any atom is 0.335 e. The van der Waals surface area contributed by atoms with Gasteiger partial charge >= 0.3 is 5.97 Å². The van der Waals surface area contributed by atoms with E-state index in [1.165, 1.54) is 37.5 Å². The van der Waals surface area contributed by atoms with Gasteiger partial charge in [0.15, 0.2) is 0 Å². The average Bonchev–Trinajstić information content (AvgIpc) is 2.67. The van der Waals surface area contributed by atoms with Crippen LogP contribution in [0, 0.1) is 11.7 Å². The highest BCUT2D eigenvalue weighted by molar-refractivity contribution is 5.87. The Morgan fingerprint density at radius 3 is 2.90 bits per heavy atom. The summed E-state index contributed by atoms with van der Waals surface area (Å²) < 4.78 is 13.9. The van der Waals surface area contributed by atoms with Crippen LogP contribution in [0.25, 0.3) is 0 Å². The summed E-state index contributed by atoms with van der Waals surface area (Å²) in [6, 6.07) is 4.05. The van der Waals surface area contributed by atoms with E-state index in [4.69, 9.17) is 5.11 Å². The lowest BCUT2D eigenvalue weighted by Crippen LogP contribution is -2.25. The molecule has 0 bridgehead atoms. The predicted octanol–water partition coefficient (Wildman–Crippen LogP) is 3.93. The van der Waals surface area contributed by atoms with E-state index in [1.54, 1.807) is 0 Å². The number of nitrogens with zero attached hydrogens (tertiary/aromatic N) is 1. The standard InChI is InChI=1S/C17H24FNO2/c1-2-4-13-5-3-9-19(10-8-13)12-15-11-14(17(20)21)6-7-16(15)18/h6-7,11,13H,2-5,8-10,12H2,1H3,(H,20,21). The van der Waals surface area contributed by atoms with Crippen LogP contribution < -0.4 is 0 Å². The van der Waals surface area contributed by atoms with E-state index >= 15 is 0 Å². The summed E-state index contributed by atoms with van der Waals surface area (Å²) in [4.78, 5) is 13.2. The van der Waals surface area contributed by atoms with Gasteiger partial charge < -0.3 is 5.11 Å². The summed E-state index contributed by atoms with van der Waals surface area (Å²) >= 11 is 0. The van der Waals surface area contributed by atoms with Crippen molar-refractivity contribution in [3.8, 4) is 0 Å². The SMILES string of the molecule is CCCC1CCCN(Cc2cc(C(=O)O)ccc2F)CC1. The molecule has 0 aliphatic carbocycles. The highest BCUT2D eigenvalue weighted by Crippen LogP contribution is 2.23. The first-order valence-electron chi connectivity index (χ1n) is 7.84. The number of rotatable bonds is 5. The lowest BCUT2D eigenvalue weighted by Gasteiger charge is -2.20. The van der Waals surface area contributed by atoms with Crippen molar-refractivity contribution < 1.29 is 14.3 Å². The van der Waals surface area contributed by atoms with E-state index in [2.05, 4.69) is 11.8 Å². The van der Waals surface area contributed by atoms with Gasteiger partial charge in [0, 0.05) is 12.1 Å². The number of halogens is 1. The largest absolute Gasteiger partial charge is 0.478 e. The Hall–Kier alpha value is -1.42. The molecule has 1 atom stereocenters. The van der Waals surface area contributed by atoms with Crippen molar-refractivity contribution in [2.45, 2.75) is 45.6 Å². The summed E-state index contributed by atoms with van der Waals surface area (Å²) in [5, 5.41) is 9.01. The molecule has 4 heteroatoms. The van der Waals surface area contributed by atoms with Gasteiger partial charge in [0.1, 0.15) is 5.82 Å². The highest BCUT2D eigenvalue weighted by atomic mass is 19.1. The third kappa shape index (κ3) is 4.53. The van der Waals surface area contributed by atoms with Gasteiger partial charge in [-0.3, -0.25) is 4.90 Å². The summed E-state index contributed by atoms with van der Waals surface area (Å²) in [7, 11) is 0. The van der Waals surface area contributed by atoms with Crippen LogP contribution in [0.2, 0.25) is 0 Å². The van der Waals surface area contributed by atoms with Crippen LogP contribution in [-0.4, -0.2) is 29.1 Å². The van der Waals surface area contributed by atoms with E-state index < -0.39 is 5.97 Å². The quantitative estimate of drug-likeness (QED) is 0.894. The Morgan fingerprint density at radius 2 is 2.19 bits per heavy atom. The molecule has 1 aliphatic rings. The molecule has 21 heavy (non-hydrogen) atoms. The molecule has 1 fully saturated rings. The normalized spacial score (nSPS) is 20.2. The van der Waals surface area contributed by atoms with Gasteiger partial charge in [0.25, 0.3) is 0 Å². The lowest BCUT2D eigenvalue weighted by molar-refractivity contribution is 0.0696. The molecule has 116 valence electrons. The summed E-state index contributed by atoms with van der Waals surface area (Å²) in [6.07, 6.45) is 6.05. The number of benzene rings is 1. The monoisotopic (exact) mass is 293 g/mol. The second-order valence-corrected chi connectivity index (χ2v) is 5.97. The number of carbonyl (C=O) groups is 1. The maximum absolute atomic E-state index is 13.9. The average molecular weight is 293 g/mol. The van der Waals surface area contributed by atoms with Crippen LogP contribution in [0.1, 0.15) is 54.9 Å². The first kappa shape index (κ1) is 16.0. The van der Waals surface area contributed by atoms with Gasteiger partial charge in [-0.25, -0.2) is 9.18 Å². The van der Waals surface area contributed by atoms with Gasteiger partial charge in [-0.05, 0) is 56.5 Å². The Balaban J connectivity index is 2.01. The number of likely N-dealkylation sites (tertiary alicyclic amines) is 1.